The third-order valence-corrected chi connectivity index (χ3v) is 5.11. The second-order valence-corrected chi connectivity index (χ2v) is 6.97. The van der Waals surface area contributed by atoms with Gasteiger partial charge in [0.1, 0.15) is 0 Å². The molecule has 0 N–H and O–H groups in total. The largest absolute Gasteiger partial charge is 0.493 e. The van der Waals surface area contributed by atoms with Crippen LogP contribution in [0, 0.1) is 0 Å². The van der Waals surface area contributed by atoms with Crippen LogP contribution >= 0.6 is 11.6 Å². The van der Waals surface area contributed by atoms with Crippen LogP contribution in [0.3, 0.4) is 0 Å². The van der Waals surface area contributed by atoms with Gasteiger partial charge in [-0.1, -0.05) is 29.8 Å². The molecule has 0 saturated carbocycles. The fourth-order valence-corrected chi connectivity index (χ4v) is 3.48. The lowest BCUT2D eigenvalue weighted by atomic mass is 9.88. The van der Waals surface area contributed by atoms with E-state index in [1.165, 1.54) is 4.90 Å². The van der Waals surface area contributed by atoms with Crippen molar-refractivity contribution in [3.8, 4) is 11.5 Å². The number of imide groups is 1. The van der Waals surface area contributed by atoms with Gasteiger partial charge in [-0.2, -0.15) is 0 Å². The molecule has 6 heteroatoms. The van der Waals surface area contributed by atoms with Crippen LogP contribution in [0.1, 0.15) is 29.9 Å². The van der Waals surface area contributed by atoms with Crippen molar-refractivity contribution >= 4 is 23.4 Å². The summed E-state index contributed by atoms with van der Waals surface area (Å²) in [6, 6.07) is 12.9. The van der Waals surface area contributed by atoms with Crippen molar-refractivity contribution in [3.05, 3.63) is 58.6 Å². The molecule has 0 atom stereocenters. The van der Waals surface area contributed by atoms with Crippen LogP contribution in [0.4, 0.5) is 0 Å². The Labute approximate surface area is 163 Å². The normalized spacial score (nSPS) is 15.1. The predicted molar refractivity (Wildman–Crippen MR) is 103 cm³/mol. The molecule has 0 bridgehead atoms. The second-order valence-electron chi connectivity index (χ2n) is 6.54. The van der Waals surface area contributed by atoms with Gasteiger partial charge in [-0.05, 0) is 41.8 Å². The average molecular weight is 388 g/mol. The van der Waals surface area contributed by atoms with E-state index >= 15 is 0 Å². The second kappa shape index (κ2) is 8.44. The molecule has 0 spiro atoms. The van der Waals surface area contributed by atoms with Crippen molar-refractivity contribution in [1.82, 2.24) is 4.90 Å². The van der Waals surface area contributed by atoms with Gasteiger partial charge in [0.25, 0.3) is 0 Å². The number of nitrogens with zero attached hydrogens (tertiary/aromatic N) is 1. The number of hydrogen-bond donors (Lipinski definition) is 0. The molecule has 5 nitrogen and oxygen atoms in total. The summed E-state index contributed by atoms with van der Waals surface area (Å²) in [4.78, 5) is 26.4. The van der Waals surface area contributed by atoms with Crippen LogP contribution in [-0.2, 0) is 16.0 Å². The summed E-state index contributed by atoms with van der Waals surface area (Å²) >= 11 is 5.91. The van der Waals surface area contributed by atoms with Crippen LogP contribution in [0.15, 0.2) is 42.5 Å². The summed E-state index contributed by atoms with van der Waals surface area (Å²) in [5.41, 5.74) is 1.95. The van der Waals surface area contributed by atoms with Crippen LogP contribution in [-0.4, -0.2) is 37.5 Å². The summed E-state index contributed by atoms with van der Waals surface area (Å²) in [6.07, 6.45) is 1.24. The third kappa shape index (κ3) is 4.42. The number of ether oxygens (including phenoxy) is 2. The Kier molecular flexibility index (Phi) is 6.01. The maximum Gasteiger partial charge on any atom is 0.229 e. The maximum atomic E-state index is 12.5. The monoisotopic (exact) mass is 387 g/mol. The lowest BCUT2D eigenvalue weighted by Crippen LogP contribution is -2.43. The number of methoxy groups -OCH3 is 2. The van der Waals surface area contributed by atoms with Crippen LogP contribution in [0.25, 0.3) is 0 Å². The van der Waals surface area contributed by atoms with Gasteiger partial charge in [0.15, 0.2) is 11.5 Å². The van der Waals surface area contributed by atoms with Gasteiger partial charge in [0, 0.05) is 30.3 Å². The molecule has 0 aromatic heterocycles. The molecule has 1 aliphatic rings. The maximum absolute atomic E-state index is 12.5. The minimum atomic E-state index is -0.133. The Bertz CT molecular complexity index is 817. The molecule has 2 aromatic rings. The van der Waals surface area contributed by atoms with E-state index in [0.29, 0.717) is 42.3 Å². The number of benzene rings is 2. The highest BCUT2D eigenvalue weighted by Crippen LogP contribution is 2.31. The number of piperidine rings is 1. The smallest absolute Gasteiger partial charge is 0.229 e. The average Bonchev–Trinajstić information content (AvgIpc) is 2.67. The Morgan fingerprint density at radius 3 is 2.19 bits per heavy atom. The van der Waals surface area contributed by atoms with E-state index in [1.54, 1.807) is 26.4 Å². The van der Waals surface area contributed by atoms with Crippen LogP contribution in [0.2, 0.25) is 5.02 Å². The molecule has 1 saturated heterocycles. The van der Waals surface area contributed by atoms with Crippen LogP contribution in [0.5, 0.6) is 11.5 Å². The minimum absolute atomic E-state index is 0.0837. The number of carbonyl (C=O) groups excluding carboxylic acids is 2. The van der Waals surface area contributed by atoms with Gasteiger partial charge in [-0.3, -0.25) is 14.5 Å². The number of rotatable bonds is 6. The van der Waals surface area contributed by atoms with Crippen molar-refractivity contribution in [2.45, 2.75) is 25.2 Å². The molecule has 2 amide bonds. The van der Waals surface area contributed by atoms with E-state index in [4.69, 9.17) is 21.1 Å². The molecule has 0 unspecified atom stereocenters. The number of halogens is 1. The molecule has 1 aliphatic heterocycles. The first kappa shape index (κ1) is 19.2. The first-order chi connectivity index (χ1) is 13.0. The minimum Gasteiger partial charge on any atom is -0.493 e. The van der Waals surface area contributed by atoms with Crippen molar-refractivity contribution in [1.29, 1.82) is 0 Å². The highest BCUT2D eigenvalue weighted by atomic mass is 35.5. The summed E-state index contributed by atoms with van der Waals surface area (Å²) in [6.45, 7) is 0.362. The lowest BCUT2D eigenvalue weighted by Gasteiger charge is -2.30. The molecule has 3 rings (SSSR count). The fourth-order valence-electron chi connectivity index (χ4n) is 3.35. The van der Waals surface area contributed by atoms with E-state index in [1.807, 2.05) is 30.3 Å². The van der Waals surface area contributed by atoms with E-state index in [-0.39, 0.29) is 17.7 Å². The summed E-state index contributed by atoms with van der Waals surface area (Å²) in [5, 5.41) is 0.642. The number of likely N-dealkylation sites (tertiary alicyclic amines) is 1. The SMILES string of the molecule is COc1ccc(CCN2C(=O)CC(c3ccc(Cl)cc3)CC2=O)cc1OC. The molecular weight excluding hydrogens is 366 g/mol. The Morgan fingerprint density at radius 1 is 0.963 bits per heavy atom. The number of hydrogen-bond acceptors (Lipinski definition) is 4. The molecule has 2 aromatic carbocycles. The predicted octanol–water partition coefficient (Wildman–Crippen LogP) is 3.83. The van der Waals surface area contributed by atoms with Crippen molar-refractivity contribution < 1.29 is 19.1 Å². The highest BCUT2D eigenvalue weighted by Gasteiger charge is 2.32. The first-order valence-electron chi connectivity index (χ1n) is 8.81. The quantitative estimate of drug-likeness (QED) is 0.707. The van der Waals surface area contributed by atoms with Crippen molar-refractivity contribution in [2.24, 2.45) is 0 Å². The Hall–Kier alpha value is -2.53. The van der Waals surface area contributed by atoms with Gasteiger partial charge in [-0.25, -0.2) is 0 Å². The van der Waals surface area contributed by atoms with Gasteiger partial charge in [0.2, 0.25) is 11.8 Å². The fraction of sp³-hybridized carbons (Fsp3) is 0.333. The van der Waals surface area contributed by atoms with Gasteiger partial charge < -0.3 is 9.47 Å². The molecular formula is C21H22ClNO4. The van der Waals surface area contributed by atoms with Gasteiger partial charge >= 0.3 is 0 Å². The van der Waals surface area contributed by atoms with E-state index in [9.17, 15) is 9.59 Å². The molecule has 1 heterocycles. The first-order valence-corrected chi connectivity index (χ1v) is 9.19. The van der Waals surface area contributed by atoms with Crippen molar-refractivity contribution in [3.63, 3.8) is 0 Å². The molecule has 0 aliphatic carbocycles. The standard InChI is InChI=1S/C21H22ClNO4/c1-26-18-8-3-14(11-19(18)27-2)9-10-23-20(24)12-16(13-21(23)25)15-4-6-17(22)7-5-15/h3-8,11,16H,9-10,12-13H2,1-2H3. The number of amides is 2. The molecule has 27 heavy (non-hydrogen) atoms. The topological polar surface area (TPSA) is 55.8 Å². The zero-order valence-corrected chi connectivity index (χ0v) is 16.2. The van der Waals surface area contributed by atoms with E-state index in [2.05, 4.69) is 0 Å². The highest BCUT2D eigenvalue weighted by molar-refractivity contribution is 6.30. The zero-order valence-electron chi connectivity index (χ0n) is 15.4. The summed E-state index contributed by atoms with van der Waals surface area (Å²) in [5.74, 6) is 0.934. The summed E-state index contributed by atoms with van der Waals surface area (Å²) < 4.78 is 10.5. The molecule has 142 valence electrons. The van der Waals surface area contributed by atoms with E-state index < -0.39 is 0 Å². The van der Waals surface area contributed by atoms with Crippen LogP contribution < -0.4 is 9.47 Å². The lowest BCUT2D eigenvalue weighted by molar-refractivity contribution is -0.148. The Balaban J connectivity index is 1.64. The van der Waals surface area contributed by atoms with E-state index in [0.717, 1.165) is 11.1 Å². The van der Waals surface area contributed by atoms with Crippen molar-refractivity contribution in [2.75, 3.05) is 20.8 Å². The number of carbonyl (C=O) groups is 2. The third-order valence-electron chi connectivity index (χ3n) is 4.86. The van der Waals surface area contributed by atoms with Gasteiger partial charge in [0.05, 0.1) is 14.2 Å². The molecule has 1 fully saturated rings. The molecule has 0 radical (unpaired) electrons. The Morgan fingerprint density at radius 2 is 1.59 bits per heavy atom. The summed E-state index contributed by atoms with van der Waals surface area (Å²) in [7, 11) is 3.16. The van der Waals surface area contributed by atoms with Gasteiger partial charge in [-0.15, -0.1) is 0 Å². The zero-order chi connectivity index (χ0) is 19.4.